The highest BCUT2D eigenvalue weighted by atomic mass is 32.2. The zero-order valence-electron chi connectivity index (χ0n) is 17.5. The first-order valence-corrected chi connectivity index (χ1v) is 10.8. The predicted octanol–water partition coefficient (Wildman–Crippen LogP) is 4.58. The van der Waals surface area contributed by atoms with Crippen molar-refractivity contribution in [1.29, 1.82) is 0 Å². The second-order valence-corrected chi connectivity index (χ2v) is 8.85. The van der Waals surface area contributed by atoms with Crippen LogP contribution in [0.2, 0.25) is 0 Å². The van der Waals surface area contributed by atoms with Crippen molar-refractivity contribution in [2.45, 2.75) is 51.9 Å². The third-order valence-corrected chi connectivity index (χ3v) is 6.52. The summed E-state index contributed by atoms with van der Waals surface area (Å²) in [6.07, 6.45) is -4.50. The highest BCUT2D eigenvalue weighted by Crippen LogP contribution is 2.31. The van der Waals surface area contributed by atoms with Gasteiger partial charge in [0, 0.05) is 0 Å². The standard InChI is InChI=1S/C19H20F5N5O2S/c1-10-16(27-32(30,31)17-11(2)26-29(13(17)4)18(20)21)12(3)28(25-10)9-14-6-5-7-15(8-14)19(22,23)24/h5-8,18,27H,9H2,1-4H3. The lowest BCUT2D eigenvalue weighted by Crippen LogP contribution is -2.16. The van der Waals surface area contributed by atoms with E-state index in [0.29, 0.717) is 15.9 Å². The molecule has 1 N–H and O–H groups in total. The second kappa shape index (κ2) is 8.19. The number of hydrogen-bond acceptors (Lipinski definition) is 4. The molecule has 0 saturated heterocycles. The molecule has 0 bridgehead atoms. The number of benzene rings is 1. The van der Waals surface area contributed by atoms with Crippen LogP contribution in [-0.4, -0.2) is 28.0 Å². The van der Waals surface area contributed by atoms with Crippen LogP contribution in [0, 0.1) is 27.7 Å². The van der Waals surface area contributed by atoms with E-state index in [0.717, 1.165) is 12.1 Å². The first-order valence-electron chi connectivity index (χ1n) is 9.29. The van der Waals surface area contributed by atoms with Crippen molar-refractivity contribution in [2.24, 2.45) is 0 Å². The quantitative estimate of drug-likeness (QED) is 0.527. The zero-order chi connectivity index (χ0) is 24.0. The molecule has 0 aliphatic carbocycles. The minimum Gasteiger partial charge on any atom is -0.276 e. The van der Waals surface area contributed by atoms with Gasteiger partial charge in [-0.05, 0) is 45.4 Å². The number of nitrogens with zero attached hydrogens (tertiary/aromatic N) is 4. The summed E-state index contributed by atoms with van der Waals surface area (Å²) in [5.41, 5.74) is -0.0713. The third kappa shape index (κ3) is 4.47. The van der Waals surface area contributed by atoms with Gasteiger partial charge in [-0.1, -0.05) is 12.1 Å². The number of hydrogen-bond donors (Lipinski definition) is 1. The molecule has 0 amide bonds. The lowest BCUT2D eigenvalue weighted by atomic mass is 10.1. The van der Waals surface area contributed by atoms with Gasteiger partial charge in [0.15, 0.2) is 0 Å². The van der Waals surface area contributed by atoms with Gasteiger partial charge in [0.1, 0.15) is 4.90 Å². The summed E-state index contributed by atoms with van der Waals surface area (Å²) < 4.78 is 95.0. The van der Waals surface area contributed by atoms with Gasteiger partial charge in [-0.15, -0.1) is 0 Å². The van der Waals surface area contributed by atoms with Crippen LogP contribution < -0.4 is 4.72 Å². The summed E-state index contributed by atoms with van der Waals surface area (Å²) >= 11 is 0. The van der Waals surface area contributed by atoms with E-state index in [1.54, 1.807) is 6.92 Å². The number of aromatic nitrogens is 4. The number of nitrogens with one attached hydrogen (secondary N) is 1. The summed E-state index contributed by atoms with van der Waals surface area (Å²) in [7, 11) is -4.29. The van der Waals surface area contributed by atoms with Gasteiger partial charge < -0.3 is 0 Å². The smallest absolute Gasteiger partial charge is 0.276 e. The monoisotopic (exact) mass is 477 g/mol. The topological polar surface area (TPSA) is 81.8 Å². The van der Waals surface area contributed by atoms with Crippen LogP contribution in [0.5, 0.6) is 0 Å². The molecule has 32 heavy (non-hydrogen) atoms. The van der Waals surface area contributed by atoms with Gasteiger partial charge in [0.2, 0.25) is 0 Å². The largest absolute Gasteiger partial charge is 0.416 e. The number of halogens is 5. The fraction of sp³-hybridized carbons (Fsp3) is 0.368. The first kappa shape index (κ1) is 23.7. The molecule has 0 aliphatic heterocycles. The molecule has 3 rings (SSSR count). The Hall–Kier alpha value is -2.96. The van der Waals surface area contributed by atoms with Gasteiger partial charge in [-0.2, -0.15) is 32.1 Å². The van der Waals surface area contributed by atoms with Crippen LogP contribution in [0.1, 0.15) is 40.5 Å². The van der Waals surface area contributed by atoms with Crippen LogP contribution >= 0.6 is 0 Å². The maximum Gasteiger partial charge on any atom is 0.416 e. The van der Waals surface area contributed by atoms with Gasteiger partial charge >= 0.3 is 12.7 Å². The van der Waals surface area contributed by atoms with Crippen molar-refractivity contribution < 1.29 is 30.4 Å². The molecule has 2 heterocycles. The van der Waals surface area contributed by atoms with Crippen LogP contribution in [0.25, 0.3) is 0 Å². The van der Waals surface area contributed by atoms with Crippen molar-refractivity contribution >= 4 is 15.7 Å². The maximum atomic E-state index is 13.1. The number of aryl methyl sites for hydroxylation is 2. The molecule has 1 aromatic carbocycles. The number of sulfonamides is 1. The lowest BCUT2D eigenvalue weighted by molar-refractivity contribution is -0.137. The minimum absolute atomic E-state index is 0.0281. The number of rotatable bonds is 6. The molecule has 0 spiro atoms. The van der Waals surface area contributed by atoms with E-state index >= 15 is 0 Å². The number of alkyl halides is 5. The summed E-state index contributed by atoms with van der Waals surface area (Å²) in [4.78, 5) is -0.373. The van der Waals surface area contributed by atoms with Crippen molar-refractivity contribution in [3.05, 3.63) is 58.2 Å². The molecular weight excluding hydrogens is 457 g/mol. The van der Waals surface area contributed by atoms with Crippen LogP contribution in [0.15, 0.2) is 29.2 Å². The van der Waals surface area contributed by atoms with E-state index in [9.17, 15) is 30.4 Å². The van der Waals surface area contributed by atoms with E-state index in [4.69, 9.17) is 0 Å². The molecule has 0 aliphatic rings. The average molecular weight is 477 g/mol. The molecule has 13 heteroatoms. The Labute approximate surface area is 180 Å². The second-order valence-electron chi connectivity index (χ2n) is 7.23. The Bertz CT molecular complexity index is 1260. The fourth-order valence-corrected chi connectivity index (χ4v) is 5.01. The van der Waals surface area contributed by atoms with E-state index in [1.165, 1.54) is 37.6 Å². The van der Waals surface area contributed by atoms with Crippen LogP contribution in [0.4, 0.5) is 27.6 Å². The van der Waals surface area contributed by atoms with Crippen molar-refractivity contribution in [2.75, 3.05) is 4.72 Å². The van der Waals surface area contributed by atoms with Crippen molar-refractivity contribution in [3.8, 4) is 0 Å². The zero-order valence-corrected chi connectivity index (χ0v) is 18.3. The van der Waals surface area contributed by atoms with Gasteiger partial charge in [0.05, 0.1) is 40.6 Å². The minimum atomic E-state index is -4.50. The molecule has 3 aromatic rings. The average Bonchev–Trinajstić information content (AvgIpc) is 3.11. The Balaban J connectivity index is 1.94. The third-order valence-electron chi connectivity index (χ3n) is 4.92. The van der Waals surface area contributed by atoms with Crippen LogP contribution in [-0.2, 0) is 22.7 Å². The Morgan fingerprint density at radius 1 is 1.03 bits per heavy atom. The molecule has 0 fully saturated rings. The van der Waals surface area contributed by atoms with E-state index < -0.39 is 28.3 Å². The number of anilines is 1. The van der Waals surface area contributed by atoms with Gasteiger partial charge in [-0.25, -0.2) is 13.1 Å². The summed E-state index contributed by atoms with van der Waals surface area (Å²) in [6.45, 7) is 2.56. The first-order chi connectivity index (χ1) is 14.7. The lowest BCUT2D eigenvalue weighted by Gasteiger charge is -2.11. The fourth-order valence-electron chi connectivity index (χ4n) is 3.43. The van der Waals surface area contributed by atoms with E-state index in [1.807, 2.05) is 0 Å². The summed E-state index contributed by atoms with van der Waals surface area (Å²) in [5, 5.41) is 7.81. The highest BCUT2D eigenvalue weighted by Gasteiger charge is 2.31. The van der Waals surface area contributed by atoms with Crippen LogP contribution in [0.3, 0.4) is 0 Å². The maximum absolute atomic E-state index is 13.1. The molecular formula is C19H20F5N5O2S. The van der Waals surface area contributed by atoms with Gasteiger partial charge in [0.25, 0.3) is 10.0 Å². The predicted molar refractivity (Wildman–Crippen MR) is 106 cm³/mol. The van der Waals surface area contributed by atoms with Gasteiger partial charge in [-0.3, -0.25) is 9.40 Å². The normalized spacial score (nSPS) is 12.6. The summed E-state index contributed by atoms with van der Waals surface area (Å²) in [5.74, 6) is 0. The summed E-state index contributed by atoms with van der Waals surface area (Å²) in [6, 6.07) is 4.72. The molecule has 7 nitrogen and oxygen atoms in total. The molecule has 0 radical (unpaired) electrons. The molecule has 0 atom stereocenters. The van der Waals surface area contributed by atoms with E-state index in [-0.39, 0.29) is 34.2 Å². The molecule has 0 saturated carbocycles. The highest BCUT2D eigenvalue weighted by molar-refractivity contribution is 7.92. The Kier molecular flexibility index (Phi) is 6.06. The van der Waals surface area contributed by atoms with Crippen molar-refractivity contribution in [3.63, 3.8) is 0 Å². The Morgan fingerprint density at radius 2 is 1.69 bits per heavy atom. The molecule has 0 unspecified atom stereocenters. The SMILES string of the molecule is Cc1nn(Cc2cccc(C(F)(F)F)c2)c(C)c1NS(=O)(=O)c1c(C)nn(C(F)F)c1C. The van der Waals surface area contributed by atoms with Crippen molar-refractivity contribution in [1.82, 2.24) is 19.6 Å². The molecule has 174 valence electrons. The van der Waals surface area contributed by atoms with E-state index in [2.05, 4.69) is 14.9 Å². The Morgan fingerprint density at radius 3 is 2.25 bits per heavy atom. The molecule has 2 aromatic heterocycles.